The van der Waals surface area contributed by atoms with E-state index >= 15 is 0 Å². The van der Waals surface area contributed by atoms with Crippen LogP contribution in [0.25, 0.3) is 11.5 Å². The third-order valence-corrected chi connectivity index (χ3v) is 3.61. The molecule has 0 amide bonds. The number of rotatable bonds is 2. The van der Waals surface area contributed by atoms with Gasteiger partial charge in [0.25, 0.3) is 5.82 Å². The molecular weight excluding hydrogens is 250 g/mol. The van der Waals surface area contributed by atoms with Crippen LogP contribution in [0.5, 0.6) is 0 Å². The lowest BCUT2D eigenvalue weighted by molar-refractivity contribution is -0.686. The van der Waals surface area contributed by atoms with Gasteiger partial charge >= 0.3 is 5.82 Å². The minimum atomic E-state index is 0.258. The highest BCUT2D eigenvalue weighted by atomic mass is 15.3. The zero-order valence-corrected chi connectivity index (χ0v) is 12.0. The smallest absolute Gasteiger partial charge is 0.350 e. The van der Waals surface area contributed by atoms with Crippen molar-refractivity contribution in [2.24, 2.45) is 14.1 Å². The SMILES string of the molecule is C[C@@H]1NC=CN1c1cccc(-c2nccc[n+]2C)[n+]1C. The number of hydrogen-bond acceptors (Lipinski definition) is 3. The molecule has 0 saturated carbocycles. The van der Waals surface area contributed by atoms with E-state index in [4.69, 9.17) is 0 Å². The topological polar surface area (TPSA) is 35.9 Å². The lowest BCUT2D eigenvalue weighted by atomic mass is 10.3. The number of aromatic nitrogens is 3. The van der Waals surface area contributed by atoms with Gasteiger partial charge in [-0.15, -0.1) is 0 Å². The maximum atomic E-state index is 4.49. The van der Waals surface area contributed by atoms with E-state index in [-0.39, 0.29) is 6.17 Å². The fourth-order valence-corrected chi connectivity index (χ4v) is 2.49. The number of pyridine rings is 1. The molecule has 3 heterocycles. The molecule has 2 aromatic rings. The average molecular weight is 269 g/mol. The summed E-state index contributed by atoms with van der Waals surface area (Å²) in [6.45, 7) is 2.13. The molecule has 5 heteroatoms. The van der Waals surface area contributed by atoms with E-state index in [0.717, 1.165) is 17.3 Å². The van der Waals surface area contributed by atoms with Crippen molar-refractivity contribution >= 4 is 5.82 Å². The molecule has 1 aliphatic heterocycles. The molecule has 0 aromatic carbocycles. The fraction of sp³-hybridized carbons (Fsp3) is 0.267. The second kappa shape index (κ2) is 4.92. The third kappa shape index (κ3) is 2.01. The van der Waals surface area contributed by atoms with Crippen molar-refractivity contribution < 1.29 is 9.13 Å². The first-order valence-electron chi connectivity index (χ1n) is 6.69. The highest BCUT2D eigenvalue weighted by Crippen LogP contribution is 2.17. The maximum Gasteiger partial charge on any atom is 0.370 e. The largest absolute Gasteiger partial charge is 0.370 e. The van der Waals surface area contributed by atoms with Gasteiger partial charge in [0, 0.05) is 18.3 Å². The van der Waals surface area contributed by atoms with Gasteiger partial charge in [0.05, 0.1) is 20.3 Å². The molecule has 20 heavy (non-hydrogen) atoms. The van der Waals surface area contributed by atoms with Crippen LogP contribution < -0.4 is 19.4 Å². The third-order valence-electron chi connectivity index (χ3n) is 3.61. The summed E-state index contributed by atoms with van der Waals surface area (Å²) in [5, 5.41) is 3.28. The predicted octanol–water partition coefficient (Wildman–Crippen LogP) is 0.624. The molecule has 1 N–H and O–H groups in total. The first-order chi connectivity index (χ1) is 9.68. The summed E-state index contributed by atoms with van der Waals surface area (Å²) in [4.78, 5) is 6.69. The Morgan fingerprint density at radius 1 is 1.25 bits per heavy atom. The number of nitrogens with one attached hydrogen (secondary N) is 1. The molecule has 2 aromatic heterocycles. The molecule has 0 aliphatic carbocycles. The molecule has 0 fully saturated rings. The molecule has 1 atom stereocenters. The second-order valence-corrected chi connectivity index (χ2v) is 4.95. The maximum absolute atomic E-state index is 4.49. The van der Waals surface area contributed by atoms with Gasteiger partial charge in [0.1, 0.15) is 12.4 Å². The van der Waals surface area contributed by atoms with Gasteiger partial charge in [-0.25, -0.2) is 14.0 Å². The minimum Gasteiger partial charge on any atom is -0.350 e. The molecular formula is C15H19N5+2. The highest BCUT2D eigenvalue weighted by Gasteiger charge is 2.28. The van der Waals surface area contributed by atoms with Crippen LogP contribution in [0, 0.1) is 0 Å². The molecule has 0 unspecified atom stereocenters. The van der Waals surface area contributed by atoms with Gasteiger partial charge in [-0.1, -0.05) is 0 Å². The highest BCUT2D eigenvalue weighted by molar-refractivity contribution is 5.47. The normalized spacial score (nSPS) is 17.4. The Morgan fingerprint density at radius 2 is 2.10 bits per heavy atom. The van der Waals surface area contributed by atoms with E-state index in [9.17, 15) is 0 Å². The van der Waals surface area contributed by atoms with Crippen LogP contribution in [0.3, 0.4) is 0 Å². The van der Waals surface area contributed by atoms with Crippen LogP contribution in [0.2, 0.25) is 0 Å². The van der Waals surface area contributed by atoms with Gasteiger partial charge < -0.3 is 5.32 Å². The van der Waals surface area contributed by atoms with E-state index in [1.54, 1.807) is 0 Å². The van der Waals surface area contributed by atoms with Crippen molar-refractivity contribution in [3.8, 4) is 11.5 Å². The molecule has 1 aliphatic rings. The molecule has 102 valence electrons. The Kier molecular flexibility index (Phi) is 3.10. The van der Waals surface area contributed by atoms with Crippen molar-refractivity contribution in [1.29, 1.82) is 0 Å². The van der Waals surface area contributed by atoms with Crippen LogP contribution >= 0.6 is 0 Å². The average Bonchev–Trinajstić information content (AvgIpc) is 2.86. The first-order valence-corrected chi connectivity index (χ1v) is 6.69. The Labute approximate surface area is 118 Å². The predicted molar refractivity (Wildman–Crippen MR) is 76.2 cm³/mol. The second-order valence-electron chi connectivity index (χ2n) is 4.95. The van der Waals surface area contributed by atoms with E-state index in [2.05, 4.69) is 58.1 Å². The van der Waals surface area contributed by atoms with Crippen LogP contribution in [-0.4, -0.2) is 11.1 Å². The molecule has 0 saturated heterocycles. The van der Waals surface area contributed by atoms with Gasteiger partial charge in [-0.05, 0) is 24.0 Å². The Hall–Kier alpha value is -2.43. The summed E-state index contributed by atoms with van der Waals surface area (Å²) in [5.74, 6) is 2.07. The molecule has 0 spiro atoms. The van der Waals surface area contributed by atoms with Crippen molar-refractivity contribution in [1.82, 2.24) is 10.3 Å². The van der Waals surface area contributed by atoms with Crippen molar-refractivity contribution in [2.45, 2.75) is 13.1 Å². The van der Waals surface area contributed by atoms with Gasteiger partial charge in [-0.2, -0.15) is 0 Å². The summed E-state index contributed by atoms with van der Waals surface area (Å²) >= 11 is 0. The summed E-state index contributed by atoms with van der Waals surface area (Å²) in [6.07, 6.45) is 8.12. The summed E-state index contributed by atoms with van der Waals surface area (Å²) in [7, 11) is 4.08. The monoisotopic (exact) mass is 269 g/mol. The van der Waals surface area contributed by atoms with Gasteiger partial charge in [0.2, 0.25) is 5.69 Å². The minimum absolute atomic E-state index is 0.258. The van der Waals surface area contributed by atoms with Crippen LogP contribution in [0.15, 0.2) is 49.1 Å². The van der Waals surface area contributed by atoms with Crippen molar-refractivity contribution in [2.75, 3.05) is 4.90 Å². The molecule has 3 rings (SSSR count). The number of hydrogen-bond donors (Lipinski definition) is 1. The van der Waals surface area contributed by atoms with Crippen molar-refractivity contribution in [3.63, 3.8) is 0 Å². The quantitative estimate of drug-likeness (QED) is 0.812. The fourth-order valence-electron chi connectivity index (χ4n) is 2.49. The lowest BCUT2D eigenvalue weighted by Gasteiger charge is -2.16. The number of aryl methyl sites for hydroxylation is 1. The van der Waals surface area contributed by atoms with E-state index in [0.29, 0.717) is 0 Å². The Morgan fingerprint density at radius 3 is 2.80 bits per heavy atom. The number of nitrogens with zero attached hydrogens (tertiary/aromatic N) is 4. The standard InChI is InChI=1S/C15H18N5/c1-12-16-9-11-20(12)14-7-4-6-13(19(14)3)15-17-8-5-10-18(15)2/h4-12H,1-3H3/q+1/p+1/t12-/m1/s1. The van der Waals surface area contributed by atoms with Crippen LogP contribution in [0.4, 0.5) is 5.82 Å². The summed E-state index contributed by atoms with van der Waals surface area (Å²) < 4.78 is 4.19. The van der Waals surface area contributed by atoms with Gasteiger partial charge in [-0.3, -0.25) is 0 Å². The first kappa shape index (κ1) is 12.6. The Bertz CT molecular complexity index is 665. The van der Waals surface area contributed by atoms with E-state index in [1.165, 1.54) is 0 Å². The Balaban J connectivity index is 2.11. The van der Waals surface area contributed by atoms with E-state index < -0.39 is 0 Å². The number of anilines is 1. The van der Waals surface area contributed by atoms with Crippen molar-refractivity contribution in [3.05, 3.63) is 49.1 Å². The lowest BCUT2D eigenvalue weighted by Crippen LogP contribution is -2.45. The molecule has 5 nitrogen and oxygen atoms in total. The van der Waals surface area contributed by atoms with E-state index in [1.807, 2.05) is 36.3 Å². The molecule has 0 bridgehead atoms. The van der Waals surface area contributed by atoms with Gasteiger partial charge in [0.15, 0.2) is 6.17 Å². The zero-order chi connectivity index (χ0) is 14.1. The summed E-state index contributed by atoms with van der Waals surface area (Å²) in [6, 6.07) is 8.20. The van der Waals surface area contributed by atoms with Crippen LogP contribution in [0.1, 0.15) is 6.92 Å². The summed E-state index contributed by atoms with van der Waals surface area (Å²) in [5.41, 5.74) is 1.08. The molecule has 0 radical (unpaired) electrons. The zero-order valence-electron chi connectivity index (χ0n) is 12.0. The van der Waals surface area contributed by atoms with Crippen LogP contribution in [-0.2, 0) is 14.1 Å².